The summed E-state index contributed by atoms with van der Waals surface area (Å²) in [4.78, 5) is 0. The van der Waals surface area contributed by atoms with E-state index in [0.717, 1.165) is 61.3 Å². The highest BCUT2D eigenvalue weighted by Gasteiger charge is 2.60. The number of hydrogen-bond acceptors (Lipinski definition) is 3. The summed E-state index contributed by atoms with van der Waals surface area (Å²) in [5.74, 6) is 3.75. The number of fused-ring (bicyclic) bond motifs is 5. The van der Waals surface area contributed by atoms with Crippen LogP contribution in [0.5, 0.6) is 0 Å². The molecular formula is C27H46O3. The molecule has 0 spiro atoms. The fourth-order valence-corrected chi connectivity index (χ4v) is 8.75. The van der Waals surface area contributed by atoms with Gasteiger partial charge in [0.15, 0.2) is 0 Å². The molecular weight excluding hydrogens is 372 g/mol. The Labute approximate surface area is 184 Å². The molecule has 1 unspecified atom stereocenters. The highest BCUT2D eigenvalue weighted by molar-refractivity contribution is 5.29. The molecule has 3 fully saturated rings. The molecule has 0 bridgehead atoms. The first-order valence-electron chi connectivity index (χ1n) is 12.8. The monoisotopic (exact) mass is 418 g/mol. The van der Waals surface area contributed by atoms with Gasteiger partial charge in [-0.1, -0.05) is 39.7 Å². The third kappa shape index (κ3) is 3.71. The summed E-state index contributed by atoms with van der Waals surface area (Å²) < 4.78 is 0. The predicted octanol–water partition coefficient (Wildman–Crippen LogP) is 5.47. The summed E-state index contributed by atoms with van der Waals surface area (Å²) in [6, 6.07) is 0. The van der Waals surface area contributed by atoms with Gasteiger partial charge in [0.2, 0.25) is 0 Å². The molecule has 3 heteroatoms. The van der Waals surface area contributed by atoms with Crippen LogP contribution in [-0.2, 0) is 0 Å². The average Bonchev–Trinajstić information content (AvgIpc) is 3.01. The second kappa shape index (κ2) is 7.89. The molecule has 0 aromatic carbocycles. The minimum absolute atomic E-state index is 0.0826. The van der Waals surface area contributed by atoms with E-state index in [4.69, 9.17) is 0 Å². The largest absolute Gasteiger partial charge is 0.390 e. The maximum Gasteiger partial charge on any atom is 0.101 e. The number of rotatable bonds is 5. The first kappa shape index (κ1) is 22.8. The molecule has 3 N–H and O–H groups in total. The second-order valence-corrected chi connectivity index (χ2v) is 12.7. The van der Waals surface area contributed by atoms with E-state index in [0.29, 0.717) is 11.3 Å². The normalized spacial score (nSPS) is 47.1. The summed E-state index contributed by atoms with van der Waals surface area (Å²) in [6.07, 6.45) is 12.6. The van der Waals surface area contributed by atoms with E-state index in [-0.39, 0.29) is 5.41 Å². The van der Waals surface area contributed by atoms with Crippen molar-refractivity contribution in [3.63, 3.8) is 0 Å². The van der Waals surface area contributed by atoms with Crippen molar-refractivity contribution in [2.75, 3.05) is 0 Å². The lowest BCUT2D eigenvalue weighted by Crippen LogP contribution is -2.53. The van der Waals surface area contributed by atoms with Gasteiger partial charge in [-0.3, -0.25) is 0 Å². The van der Waals surface area contributed by atoms with Gasteiger partial charge in [0, 0.05) is 0 Å². The van der Waals surface area contributed by atoms with Gasteiger partial charge in [0.25, 0.3) is 0 Å². The average molecular weight is 419 g/mol. The van der Waals surface area contributed by atoms with Crippen molar-refractivity contribution >= 4 is 0 Å². The van der Waals surface area contributed by atoms with Crippen molar-refractivity contribution in [2.45, 2.75) is 117 Å². The Kier molecular flexibility index (Phi) is 5.99. The molecule has 9 atom stereocenters. The van der Waals surface area contributed by atoms with Crippen molar-refractivity contribution in [3.8, 4) is 0 Å². The summed E-state index contributed by atoms with van der Waals surface area (Å²) in [5, 5.41) is 31.0. The fraction of sp³-hybridized carbons (Fsp3) is 0.926. The minimum Gasteiger partial charge on any atom is -0.390 e. The van der Waals surface area contributed by atoms with Gasteiger partial charge >= 0.3 is 0 Å². The van der Waals surface area contributed by atoms with Crippen molar-refractivity contribution < 1.29 is 15.3 Å². The van der Waals surface area contributed by atoms with Crippen molar-refractivity contribution in [1.82, 2.24) is 0 Å². The summed E-state index contributed by atoms with van der Waals surface area (Å²) in [7, 11) is 0. The van der Waals surface area contributed by atoms with Gasteiger partial charge in [-0.25, -0.2) is 0 Å². The van der Waals surface area contributed by atoms with Crippen LogP contribution in [0.25, 0.3) is 0 Å². The van der Waals surface area contributed by atoms with Crippen molar-refractivity contribution in [3.05, 3.63) is 11.6 Å². The maximum absolute atomic E-state index is 10.7. The Morgan fingerprint density at radius 3 is 2.50 bits per heavy atom. The van der Waals surface area contributed by atoms with Gasteiger partial charge in [-0.2, -0.15) is 0 Å². The van der Waals surface area contributed by atoms with Crippen LogP contribution in [0.2, 0.25) is 0 Å². The maximum atomic E-state index is 10.7. The number of hydrogen-bond donors (Lipinski definition) is 3. The molecule has 172 valence electrons. The van der Waals surface area contributed by atoms with E-state index in [1.54, 1.807) is 0 Å². The number of aliphatic hydroxyl groups is 3. The van der Waals surface area contributed by atoms with Gasteiger partial charge in [-0.05, 0) is 111 Å². The standard InChI is InChI=1S/C27H46O3/c1-17(7-6-14-25(2,3)30)19-10-11-20-18-8-9-22-24(29)23(28)13-16-27(22,5)21(18)12-15-26(19,20)4/h9,17-21,23-24,28-30H,6-8,10-16H2,1-5H3/t17?,18-,19+,20-,21-,23-,24-,26+,27+/m0/s1. The Hall–Kier alpha value is -0.380. The van der Waals surface area contributed by atoms with E-state index < -0.39 is 17.8 Å². The number of allylic oxidation sites excluding steroid dienone is 1. The number of aliphatic hydroxyl groups excluding tert-OH is 2. The van der Waals surface area contributed by atoms with Gasteiger partial charge in [0.1, 0.15) is 6.10 Å². The molecule has 0 saturated heterocycles. The Morgan fingerprint density at radius 2 is 1.80 bits per heavy atom. The molecule has 0 aromatic heterocycles. The summed E-state index contributed by atoms with van der Waals surface area (Å²) in [6.45, 7) is 11.3. The van der Waals surface area contributed by atoms with E-state index in [1.807, 2.05) is 13.8 Å². The zero-order valence-corrected chi connectivity index (χ0v) is 20.0. The molecule has 0 aliphatic heterocycles. The zero-order valence-electron chi connectivity index (χ0n) is 20.0. The fourth-order valence-electron chi connectivity index (χ4n) is 8.75. The van der Waals surface area contributed by atoms with E-state index in [1.165, 1.54) is 32.1 Å². The molecule has 3 nitrogen and oxygen atoms in total. The van der Waals surface area contributed by atoms with E-state index in [2.05, 4.69) is 26.8 Å². The molecule has 4 aliphatic rings. The quantitative estimate of drug-likeness (QED) is 0.519. The first-order valence-corrected chi connectivity index (χ1v) is 12.8. The van der Waals surface area contributed by atoms with Gasteiger partial charge in [-0.15, -0.1) is 0 Å². The van der Waals surface area contributed by atoms with Crippen LogP contribution in [0.4, 0.5) is 0 Å². The first-order chi connectivity index (χ1) is 14.0. The molecule has 4 rings (SSSR count). The summed E-state index contributed by atoms with van der Waals surface area (Å²) >= 11 is 0. The van der Waals surface area contributed by atoms with Crippen LogP contribution in [0.1, 0.15) is 98.8 Å². The third-order valence-corrected chi connectivity index (χ3v) is 10.4. The predicted molar refractivity (Wildman–Crippen MR) is 122 cm³/mol. The molecule has 0 radical (unpaired) electrons. The highest BCUT2D eigenvalue weighted by atomic mass is 16.3. The van der Waals surface area contributed by atoms with E-state index >= 15 is 0 Å². The Balaban J connectivity index is 1.49. The van der Waals surface area contributed by atoms with Crippen molar-refractivity contribution in [2.24, 2.45) is 40.4 Å². The van der Waals surface area contributed by atoms with Crippen LogP contribution in [0, 0.1) is 40.4 Å². The molecule has 4 aliphatic carbocycles. The van der Waals surface area contributed by atoms with Crippen molar-refractivity contribution in [1.29, 1.82) is 0 Å². The van der Waals surface area contributed by atoms with Crippen LogP contribution >= 0.6 is 0 Å². The molecule has 30 heavy (non-hydrogen) atoms. The van der Waals surface area contributed by atoms with Gasteiger partial charge in [0.05, 0.1) is 11.7 Å². The van der Waals surface area contributed by atoms with E-state index in [9.17, 15) is 15.3 Å². The minimum atomic E-state index is -0.648. The summed E-state index contributed by atoms with van der Waals surface area (Å²) in [5.41, 5.74) is 1.14. The molecule has 0 heterocycles. The Bertz CT molecular complexity index is 664. The van der Waals surface area contributed by atoms with Crippen LogP contribution in [-0.4, -0.2) is 33.1 Å². The van der Waals surface area contributed by atoms with Crippen LogP contribution in [0.15, 0.2) is 11.6 Å². The topological polar surface area (TPSA) is 60.7 Å². The zero-order chi connectivity index (χ0) is 21.9. The lowest BCUT2D eigenvalue weighted by molar-refractivity contribution is -0.0802. The van der Waals surface area contributed by atoms with Crippen LogP contribution in [0.3, 0.4) is 0 Å². The lowest BCUT2D eigenvalue weighted by Gasteiger charge is -2.59. The smallest absolute Gasteiger partial charge is 0.101 e. The third-order valence-electron chi connectivity index (χ3n) is 10.4. The molecule has 0 aromatic rings. The van der Waals surface area contributed by atoms with Gasteiger partial charge < -0.3 is 15.3 Å². The lowest BCUT2D eigenvalue weighted by atomic mass is 9.46. The second-order valence-electron chi connectivity index (χ2n) is 12.7. The molecule has 0 amide bonds. The SMILES string of the molecule is CC(CCCC(C)(C)O)[C@H]1CC[C@H]2[C@@H]3CC=C4[C@H](O)[C@@H](O)CC[C@]4(C)[C@H]3CC[C@]12C. The molecule has 3 saturated carbocycles. The Morgan fingerprint density at radius 1 is 1.07 bits per heavy atom. The highest BCUT2D eigenvalue weighted by Crippen LogP contribution is 2.67. The van der Waals surface area contributed by atoms with Crippen LogP contribution < -0.4 is 0 Å².